The van der Waals surface area contributed by atoms with Crippen molar-refractivity contribution in [1.29, 1.82) is 0 Å². The Balaban J connectivity index is 1.44. The molecule has 0 radical (unpaired) electrons. The molecule has 0 spiro atoms. The molecule has 0 aromatic heterocycles. The maximum atomic E-state index is 13.3. The Morgan fingerprint density at radius 2 is 1.68 bits per heavy atom. The molecule has 4 rings (SSSR count). The van der Waals surface area contributed by atoms with Gasteiger partial charge < -0.3 is 10.1 Å². The van der Waals surface area contributed by atoms with Crippen molar-refractivity contribution in [3.8, 4) is 5.75 Å². The van der Waals surface area contributed by atoms with Crippen LogP contribution in [0.1, 0.15) is 58.3 Å². The SMILES string of the molecule is CCOc1ccc(NC(=O)CCN2C(=O)C3CCCCC3C2=O)cc1S(=O)(=O)N1CCCCC1. The Bertz CT molecular complexity index is 1030. The fourth-order valence-electron chi connectivity index (χ4n) is 5.19. The fourth-order valence-corrected chi connectivity index (χ4v) is 6.87. The Morgan fingerprint density at radius 3 is 2.29 bits per heavy atom. The topological polar surface area (TPSA) is 113 Å². The molecule has 2 atom stereocenters. The second kappa shape index (κ2) is 10.4. The monoisotopic (exact) mass is 491 g/mol. The minimum atomic E-state index is -3.77. The lowest BCUT2D eigenvalue weighted by Crippen LogP contribution is -2.36. The number of nitrogens with one attached hydrogen (secondary N) is 1. The number of carbonyl (C=O) groups excluding carboxylic acids is 3. The number of anilines is 1. The van der Waals surface area contributed by atoms with Crippen molar-refractivity contribution in [1.82, 2.24) is 9.21 Å². The van der Waals surface area contributed by atoms with Crippen LogP contribution in [0.25, 0.3) is 0 Å². The smallest absolute Gasteiger partial charge is 0.246 e. The summed E-state index contributed by atoms with van der Waals surface area (Å²) in [4.78, 5) is 39.1. The first-order valence-corrected chi connectivity index (χ1v) is 13.7. The molecule has 1 aromatic carbocycles. The van der Waals surface area contributed by atoms with Gasteiger partial charge in [0, 0.05) is 31.7 Å². The summed E-state index contributed by atoms with van der Waals surface area (Å²) in [5.74, 6) is -0.948. The van der Waals surface area contributed by atoms with Gasteiger partial charge in [-0.2, -0.15) is 4.31 Å². The molecule has 186 valence electrons. The average Bonchev–Trinajstić information content (AvgIpc) is 3.09. The minimum Gasteiger partial charge on any atom is -0.492 e. The van der Waals surface area contributed by atoms with Crippen LogP contribution >= 0.6 is 0 Å². The summed E-state index contributed by atoms with van der Waals surface area (Å²) in [6.45, 7) is 3.05. The zero-order chi connectivity index (χ0) is 24.3. The summed E-state index contributed by atoms with van der Waals surface area (Å²) in [5.41, 5.74) is 0.330. The minimum absolute atomic E-state index is 0.0306. The third kappa shape index (κ3) is 4.98. The van der Waals surface area contributed by atoms with E-state index in [4.69, 9.17) is 4.74 Å². The number of amides is 3. The molecule has 2 unspecified atom stereocenters. The summed E-state index contributed by atoms with van der Waals surface area (Å²) in [6.07, 6.45) is 5.97. The van der Waals surface area contributed by atoms with Crippen molar-refractivity contribution in [2.24, 2.45) is 11.8 Å². The zero-order valence-electron chi connectivity index (χ0n) is 19.6. The molecule has 1 aliphatic carbocycles. The summed E-state index contributed by atoms with van der Waals surface area (Å²) >= 11 is 0. The molecular formula is C24H33N3O6S. The van der Waals surface area contributed by atoms with Crippen LogP contribution in [0.3, 0.4) is 0 Å². The third-order valence-corrected chi connectivity index (χ3v) is 8.87. The summed E-state index contributed by atoms with van der Waals surface area (Å²) in [6, 6.07) is 4.57. The lowest BCUT2D eigenvalue weighted by atomic mass is 9.81. The van der Waals surface area contributed by atoms with E-state index in [9.17, 15) is 22.8 Å². The van der Waals surface area contributed by atoms with E-state index in [1.165, 1.54) is 15.3 Å². The number of rotatable bonds is 8. The molecule has 2 aliphatic heterocycles. The number of ether oxygens (including phenoxy) is 1. The Hall–Kier alpha value is -2.46. The predicted octanol–water partition coefficient (Wildman–Crippen LogP) is 2.76. The van der Waals surface area contributed by atoms with E-state index < -0.39 is 10.0 Å². The number of carbonyl (C=O) groups is 3. The van der Waals surface area contributed by atoms with Gasteiger partial charge in [0.25, 0.3) is 0 Å². The normalized spacial score (nSPS) is 23.6. The number of likely N-dealkylation sites (tertiary alicyclic amines) is 1. The molecule has 0 bridgehead atoms. The van der Waals surface area contributed by atoms with Crippen molar-refractivity contribution < 1.29 is 27.5 Å². The van der Waals surface area contributed by atoms with Gasteiger partial charge in [-0.3, -0.25) is 19.3 Å². The molecule has 10 heteroatoms. The van der Waals surface area contributed by atoms with Crippen LogP contribution in [-0.4, -0.2) is 61.6 Å². The molecule has 1 aromatic rings. The Morgan fingerprint density at radius 1 is 1.03 bits per heavy atom. The molecule has 3 amide bonds. The number of imide groups is 1. The van der Waals surface area contributed by atoms with Gasteiger partial charge in [0.2, 0.25) is 27.7 Å². The number of benzene rings is 1. The number of hydrogen-bond acceptors (Lipinski definition) is 6. The molecule has 3 aliphatic rings. The van der Waals surface area contributed by atoms with E-state index >= 15 is 0 Å². The van der Waals surface area contributed by atoms with Crippen LogP contribution in [0.5, 0.6) is 5.75 Å². The third-order valence-electron chi connectivity index (χ3n) is 6.96. The molecule has 3 fully saturated rings. The number of sulfonamides is 1. The first kappa shape index (κ1) is 24.7. The first-order chi connectivity index (χ1) is 16.3. The van der Waals surface area contributed by atoms with E-state index in [1.54, 1.807) is 19.1 Å². The lowest BCUT2D eigenvalue weighted by molar-refractivity contribution is -0.140. The lowest BCUT2D eigenvalue weighted by Gasteiger charge is -2.27. The second-order valence-corrected chi connectivity index (χ2v) is 11.1. The van der Waals surface area contributed by atoms with E-state index in [0.29, 0.717) is 25.4 Å². The van der Waals surface area contributed by atoms with Crippen LogP contribution in [0.4, 0.5) is 5.69 Å². The van der Waals surface area contributed by atoms with Gasteiger partial charge in [-0.15, -0.1) is 0 Å². The maximum absolute atomic E-state index is 13.3. The predicted molar refractivity (Wildman–Crippen MR) is 126 cm³/mol. The van der Waals surface area contributed by atoms with Gasteiger partial charge in [0.05, 0.1) is 18.4 Å². The highest BCUT2D eigenvalue weighted by Gasteiger charge is 2.47. The van der Waals surface area contributed by atoms with Crippen LogP contribution < -0.4 is 10.1 Å². The maximum Gasteiger partial charge on any atom is 0.246 e. The molecule has 9 nitrogen and oxygen atoms in total. The second-order valence-electron chi connectivity index (χ2n) is 9.18. The Labute approximate surface area is 200 Å². The highest BCUT2D eigenvalue weighted by molar-refractivity contribution is 7.89. The standard InChI is InChI=1S/C24H33N3O6S/c1-2-33-20-11-10-17(16-21(20)34(31,32)26-13-6-3-7-14-26)25-22(28)12-15-27-23(29)18-8-4-5-9-19(18)24(27)30/h10-11,16,18-19H,2-9,12-15H2,1H3,(H,25,28). The van der Waals surface area contributed by atoms with Crippen molar-refractivity contribution in [3.63, 3.8) is 0 Å². The molecule has 34 heavy (non-hydrogen) atoms. The average molecular weight is 492 g/mol. The quantitative estimate of drug-likeness (QED) is 0.560. The van der Waals surface area contributed by atoms with E-state index in [2.05, 4.69) is 5.32 Å². The van der Waals surface area contributed by atoms with E-state index in [1.807, 2.05) is 0 Å². The van der Waals surface area contributed by atoms with Crippen LogP contribution in [0.15, 0.2) is 23.1 Å². The number of piperidine rings is 1. The summed E-state index contributed by atoms with van der Waals surface area (Å²) in [5, 5.41) is 2.72. The summed E-state index contributed by atoms with van der Waals surface area (Å²) < 4.78 is 33.6. The van der Waals surface area contributed by atoms with Gasteiger partial charge in [0.1, 0.15) is 10.6 Å². The number of hydrogen-bond donors (Lipinski definition) is 1. The highest BCUT2D eigenvalue weighted by Crippen LogP contribution is 2.38. The zero-order valence-corrected chi connectivity index (χ0v) is 20.4. The molecule has 1 N–H and O–H groups in total. The molecule has 2 heterocycles. The van der Waals surface area contributed by atoms with Gasteiger partial charge in [0.15, 0.2) is 0 Å². The van der Waals surface area contributed by atoms with Crippen molar-refractivity contribution in [2.75, 3.05) is 31.6 Å². The molecule has 1 saturated carbocycles. The van der Waals surface area contributed by atoms with Crippen molar-refractivity contribution >= 4 is 33.4 Å². The van der Waals surface area contributed by atoms with Crippen LogP contribution in [-0.2, 0) is 24.4 Å². The van der Waals surface area contributed by atoms with Crippen LogP contribution in [0.2, 0.25) is 0 Å². The molecular weight excluding hydrogens is 458 g/mol. The van der Waals surface area contributed by atoms with Crippen molar-refractivity contribution in [2.45, 2.75) is 63.2 Å². The van der Waals surface area contributed by atoms with Crippen molar-refractivity contribution in [3.05, 3.63) is 18.2 Å². The van der Waals surface area contributed by atoms with Gasteiger partial charge >= 0.3 is 0 Å². The summed E-state index contributed by atoms with van der Waals surface area (Å²) in [7, 11) is -3.77. The highest BCUT2D eigenvalue weighted by atomic mass is 32.2. The van der Waals surface area contributed by atoms with Gasteiger partial charge in [-0.05, 0) is 50.8 Å². The fraction of sp³-hybridized carbons (Fsp3) is 0.625. The first-order valence-electron chi connectivity index (χ1n) is 12.2. The van der Waals surface area contributed by atoms with E-state index in [-0.39, 0.29) is 53.2 Å². The Kier molecular flexibility index (Phi) is 7.57. The van der Waals surface area contributed by atoms with Crippen LogP contribution in [0, 0.1) is 11.8 Å². The number of nitrogens with zero attached hydrogens (tertiary/aromatic N) is 2. The van der Waals surface area contributed by atoms with Gasteiger partial charge in [-0.1, -0.05) is 19.3 Å². The number of fused-ring (bicyclic) bond motifs is 1. The molecule has 2 saturated heterocycles. The largest absolute Gasteiger partial charge is 0.492 e. The van der Waals surface area contributed by atoms with E-state index in [0.717, 1.165) is 44.9 Å². The van der Waals surface area contributed by atoms with Gasteiger partial charge in [-0.25, -0.2) is 8.42 Å².